The van der Waals surface area contributed by atoms with Crippen molar-refractivity contribution in [2.75, 3.05) is 16.9 Å². The van der Waals surface area contributed by atoms with Crippen LogP contribution in [0.2, 0.25) is 5.02 Å². The number of thiazole rings is 1. The number of fused-ring (bicyclic) bond motifs is 5. The third-order valence-corrected chi connectivity index (χ3v) is 9.25. The van der Waals surface area contributed by atoms with Gasteiger partial charge in [-0.25, -0.2) is 9.78 Å². The number of amides is 2. The fourth-order valence-corrected chi connectivity index (χ4v) is 7.14. The highest BCUT2D eigenvalue weighted by atomic mass is 35.5. The molecule has 0 N–H and O–H groups in total. The van der Waals surface area contributed by atoms with E-state index in [0.717, 1.165) is 22.5 Å². The molecular formula is C32H22ClN3O6S. The fraction of sp³-hybridized carbons (Fsp3) is 0.156. The third kappa shape index (κ3) is 3.73. The van der Waals surface area contributed by atoms with Crippen molar-refractivity contribution in [2.45, 2.75) is 25.9 Å². The van der Waals surface area contributed by atoms with Gasteiger partial charge in [-0.05, 0) is 43.7 Å². The molecule has 0 saturated carbocycles. The Hall–Kier alpha value is -4.80. The maximum absolute atomic E-state index is 15.0. The van der Waals surface area contributed by atoms with Gasteiger partial charge < -0.3 is 14.1 Å². The minimum absolute atomic E-state index is 0.0520. The second-order valence-corrected chi connectivity index (χ2v) is 11.8. The first-order chi connectivity index (χ1) is 20.7. The smallest absolute Gasteiger partial charge is 0.350 e. The Morgan fingerprint density at radius 1 is 1.05 bits per heavy atom. The Balaban J connectivity index is 1.55. The van der Waals surface area contributed by atoms with Crippen molar-refractivity contribution in [3.8, 4) is 0 Å². The van der Waals surface area contributed by atoms with Crippen LogP contribution in [0.5, 0.6) is 0 Å². The number of carbonyl (C=O) groups excluding carboxylic acids is 3. The van der Waals surface area contributed by atoms with E-state index in [1.165, 1.54) is 24.1 Å². The number of hydrogen-bond acceptors (Lipinski definition) is 8. The monoisotopic (exact) mass is 611 g/mol. The van der Waals surface area contributed by atoms with Crippen LogP contribution in [-0.4, -0.2) is 29.9 Å². The van der Waals surface area contributed by atoms with Crippen LogP contribution in [-0.2, 0) is 21.6 Å². The minimum atomic E-state index is -1.96. The second kappa shape index (κ2) is 9.62. The average molecular weight is 612 g/mol. The zero-order chi connectivity index (χ0) is 30.2. The van der Waals surface area contributed by atoms with Crippen molar-refractivity contribution in [1.82, 2.24) is 4.98 Å². The molecule has 1 unspecified atom stereocenters. The molecule has 43 heavy (non-hydrogen) atoms. The maximum atomic E-state index is 15.0. The zero-order valence-electron chi connectivity index (χ0n) is 23.1. The number of anilines is 2. The number of hydrogen-bond donors (Lipinski definition) is 0. The fourth-order valence-electron chi connectivity index (χ4n) is 5.93. The van der Waals surface area contributed by atoms with Gasteiger partial charge in [-0.3, -0.25) is 19.3 Å². The molecule has 3 aromatic carbocycles. The largest absolute Gasteiger partial charge is 0.465 e. The Kier molecular flexibility index (Phi) is 6.05. The molecule has 0 saturated heterocycles. The summed E-state index contributed by atoms with van der Waals surface area (Å²) in [5.74, 6) is -2.15. The number of esters is 1. The average Bonchev–Trinajstić information content (AvgIpc) is 3.59. The molecule has 7 rings (SSSR count). The Morgan fingerprint density at radius 2 is 1.79 bits per heavy atom. The number of benzene rings is 3. The van der Waals surface area contributed by atoms with E-state index >= 15 is 0 Å². The number of aryl methyl sites for hydroxylation is 2. The summed E-state index contributed by atoms with van der Waals surface area (Å²) in [6.07, 6.45) is 0. The van der Waals surface area contributed by atoms with Crippen LogP contribution in [0.25, 0.3) is 11.0 Å². The summed E-state index contributed by atoms with van der Waals surface area (Å²) in [5, 5.41) is 0.483. The van der Waals surface area contributed by atoms with Gasteiger partial charge in [-0.2, -0.15) is 0 Å². The lowest BCUT2D eigenvalue weighted by molar-refractivity contribution is -0.121. The summed E-state index contributed by atoms with van der Waals surface area (Å²) >= 11 is 7.16. The summed E-state index contributed by atoms with van der Waals surface area (Å²) in [5.41, 5.74) is 0.709. The second-order valence-electron chi connectivity index (χ2n) is 10.4. The van der Waals surface area contributed by atoms with E-state index in [1.807, 2.05) is 31.2 Å². The molecule has 4 heterocycles. The topological polar surface area (TPSA) is 110 Å². The minimum Gasteiger partial charge on any atom is -0.465 e. The van der Waals surface area contributed by atoms with E-state index in [2.05, 4.69) is 4.98 Å². The molecule has 11 heteroatoms. The van der Waals surface area contributed by atoms with Crippen LogP contribution < -0.4 is 15.2 Å². The van der Waals surface area contributed by atoms with Crippen LogP contribution in [0.1, 0.15) is 48.2 Å². The summed E-state index contributed by atoms with van der Waals surface area (Å²) < 4.78 is 11.0. The number of methoxy groups -OCH3 is 1. The number of nitrogens with zero attached hydrogens (tertiary/aromatic N) is 3. The lowest BCUT2D eigenvalue weighted by Crippen LogP contribution is -2.53. The molecule has 2 aromatic heterocycles. The van der Waals surface area contributed by atoms with Gasteiger partial charge in [0.25, 0.3) is 11.8 Å². The van der Waals surface area contributed by atoms with Gasteiger partial charge in [0.1, 0.15) is 10.5 Å². The molecule has 5 aromatic rings. The van der Waals surface area contributed by atoms with Crippen molar-refractivity contribution in [3.63, 3.8) is 0 Å². The van der Waals surface area contributed by atoms with E-state index < -0.39 is 28.8 Å². The SMILES string of the molecule is COC(=O)c1sc(N2C(=O)c3oc4ccc(Cl)cc4c(=O)c3C23C(=O)N(Cc2ccc(C)cc2)c2ccccc23)nc1C. The molecule has 2 amide bonds. The van der Waals surface area contributed by atoms with Crippen LogP contribution in [0.3, 0.4) is 0 Å². The molecule has 214 valence electrons. The predicted octanol–water partition coefficient (Wildman–Crippen LogP) is 5.76. The molecule has 0 bridgehead atoms. The van der Waals surface area contributed by atoms with Crippen molar-refractivity contribution < 1.29 is 23.5 Å². The molecular weight excluding hydrogens is 590 g/mol. The molecule has 0 aliphatic carbocycles. The van der Waals surface area contributed by atoms with Crippen LogP contribution >= 0.6 is 22.9 Å². The van der Waals surface area contributed by atoms with Crippen LogP contribution in [0, 0.1) is 13.8 Å². The summed E-state index contributed by atoms with van der Waals surface area (Å²) in [6.45, 7) is 3.77. The summed E-state index contributed by atoms with van der Waals surface area (Å²) in [7, 11) is 1.25. The van der Waals surface area contributed by atoms with Crippen molar-refractivity contribution in [3.05, 3.63) is 121 Å². The maximum Gasteiger partial charge on any atom is 0.350 e. The summed E-state index contributed by atoms with van der Waals surface area (Å²) in [6, 6.07) is 19.3. The van der Waals surface area contributed by atoms with Crippen molar-refractivity contribution in [2.24, 2.45) is 0 Å². The first-order valence-corrected chi connectivity index (χ1v) is 14.5. The first kappa shape index (κ1) is 27.1. The van der Waals surface area contributed by atoms with E-state index in [-0.39, 0.29) is 38.8 Å². The van der Waals surface area contributed by atoms with Gasteiger partial charge in [-0.1, -0.05) is 71.0 Å². The van der Waals surface area contributed by atoms with Gasteiger partial charge in [0.2, 0.25) is 5.76 Å². The van der Waals surface area contributed by atoms with Gasteiger partial charge in [-0.15, -0.1) is 0 Å². The lowest BCUT2D eigenvalue weighted by Gasteiger charge is -2.32. The van der Waals surface area contributed by atoms with Gasteiger partial charge in [0, 0.05) is 10.6 Å². The lowest BCUT2D eigenvalue weighted by atomic mass is 9.84. The molecule has 2 aliphatic heterocycles. The van der Waals surface area contributed by atoms with Gasteiger partial charge >= 0.3 is 5.97 Å². The molecule has 1 atom stereocenters. The Labute approximate surface area is 253 Å². The molecule has 0 radical (unpaired) electrons. The Morgan fingerprint density at radius 3 is 2.53 bits per heavy atom. The predicted molar refractivity (Wildman–Crippen MR) is 162 cm³/mol. The van der Waals surface area contributed by atoms with Gasteiger partial charge in [0.15, 0.2) is 16.1 Å². The van der Waals surface area contributed by atoms with Crippen molar-refractivity contribution >= 4 is 62.5 Å². The molecule has 9 nitrogen and oxygen atoms in total. The highest BCUT2D eigenvalue weighted by molar-refractivity contribution is 7.17. The number of para-hydroxylation sites is 1. The summed E-state index contributed by atoms with van der Waals surface area (Å²) in [4.78, 5) is 63.8. The van der Waals surface area contributed by atoms with E-state index in [0.29, 0.717) is 22.0 Å². The first-order valence-electron chi connectivity index (χ1n) is 13.3. The third-order valence-electron chi connectivity index (χ3n) is 7.89. The number of halogens is 1. The normalized spacial score (nSPS) is 17.2. The van der Waals surface area contributed by atoms with Crippen molar-refractivity contribution in [1.29, 1.82) is 0 Å². The van der Waals surface area contributed by atoms with Crippen LogP contribution in [0.4, 0.5) is 10.8 Å². The number of ether oxygens (including phenoxy) is 1. The van der Waals surface area contributed by atoms with E-state index in [1.54, 1.807) is 42.2 Å². The van der Waals surface area contributed by atoms with Gasteiger partial charge in [0.05, 0.1) is 36.0 Å². The number of carbonyl (C=O) groups is 3. The Bertz CT molecular complexity index is 2090. The highest BCUT2D eigenvalue weighted by Gasteiger charge is 2.66. The molecule has 1 spiro atoms. The number of rotatable bonds is 4. The quantitative estimate of drug-likeness (QED) is 0.238. The molecule has 2 aliphatic rings. The molecule has 0 fully saturated rings. The zero-order valence-corrected chi connectivity index (χ0v) is 24.7. The standard InChI is InChI=1S/C32H22ClN3O6S/c1-16-8-10-18(11-9-16)15-35-22-7-5-4-6-21(22)32(30(35)40)24-25(37)20-14-19(33)12-13-23(20)42-26(24)28(38)36(32)31-34-17(2)27(43-31)29(39)41-3/h4-14H,15H2,1-3H3. The van der Waals surface area contributed by atoms with E-state index in [4.69, 9.17) is 20.8 Å². The highest BCUT2D eigenvalue weighted by Crippen LogP contribution is 2.55. The number of aromatic nitrogens is 1. The van der Waals surface area contributed by atoms with E-state index in [9.17, 15) is 19.2 Å². The van der Waals surface area contributed by atoms with Crippen LogP contribution in [0.15, 0.2) is 75.9 Å².